The minimum Gasteiger partial charge on any atom is -0.507 e. The van der Waals surface area contributed by atoms with Crippen molar-refractivity contribution in [2.45, 2.75) is 12.8 Å². The molecule has 0 saturated carbocycles. The number of piperidine rings is 1. The summed E-state index contributed by atoms with van der Waals surface area (Å²) in [6.45, 7) is 1.69. The lowest BCUT2D eigenvalue weighted by Gasteiger charge is -2.43. The molecule has 1 fully saturated rings. The third-order valence-corrected chi connectivity index (χ3v) is 4.13. The SMILES string of the molecule is CN(C)C[C@@]1(CO)CCCN(C(=O)c2ccc(F)cc2O)C1. The van der Waals surface area contributed by atoms with Gasteiger partial charge in [-0.15, -0.1) is 0 Å². The van der Waals surface area contributed by atoms with Crippen molar-refractivity contribution in [3.8, 4) is 5.75 Å². The molecule has 1 aliphatic rings. The first-order chi connectivity index (χ1) is 10.4. The Hall–Kier alpha value is -1.66. The van der Waals surface area contributed by atoms with E-state index in [2.05, 4.69) is 0 Å². The summed E-state index contributed by atoms with van der Waals surface area (Å²) in [5.41, 5.74) is -0.257. The van der Waals surface area contributed by atoms with Gasteiger partial charge in [0.05, 0.1) is 12.2 Å². The number of aromatic hydroxyl groups is 1. The number of carbonyl (C=O) groups is 1. The Morgan fingerprint density at radius 2 is 2.18 bits per heavy atom. The van der Waals surface area contributed by atoms with Crippen molar-refractivity contribution in [3.05, 3.63) is 29.6 Å². The first kappa shape index (κ1) is 16.7. The van der Waals surface area contributed by atoms with Gasteiger partial charge in [-0.1, -0.05) is 0 Å². The number of nitrogens with zero attached hydrogens (tertiary/aromatic N) is 2. The van der Waals surface area contributed by atoms with E-state index in [1.807, 2.05) is 19.0 Å². The number of aliphatic hydroxyl groups is 1. The van der Waals surface area contributed by atoms with Crippen LogP contribution in [0.3, 0.4) is 0 Å². The number of phenols is 1. The zero-order chi connectivity index (χ0) is 16.3. The maximum Gasteiger partial charge on any atom is 0.257 e. The topological polar surface area (TPSA) is 64.0 Å². The molecular weight excluding hydrogens is 287 g/mol. The molecule has 0 aromatic heterocycles. The number of likely N-dealkylation sites (tertiary alicyclic amines) is 1. The number of aliphatic hydroxyl groups excluding tert-OH is 1. The van der Waals surface area contributed by atoms with Crippen LogP contribution in [0.2, 0.25) is 0 Å². The van der Waals surface area contributed by atoms with Gasteiger partial charge in [0.1, 0.15) is 11.6 Å². The fourth-order valence-corrected chi connectivity index (χ4v) is 3.22. The van der Waals surface area contributed by atoms with E-state index in [-0.39, 0.29) is 29.2 Å². The van der Waals surface area contributed by atoms with Gasteiger partial charge in [0.15, 0.2) is 0 Å². The molecule has 1 aromatic rings. The number of hydrogen-bond acceptors (Lipinski definition) is 4. The second-order valence-corrected chi connectivity index (χ2v) is 6.39. The molecule has 5 nitrogen and oxygen atoms in total. The summed E-state index contributed by atoms with van der Waals surface area (Å²) >= 11 is 0. The largest absolute Gasteiger partial charge is 0.507 e. The van der Waals surface area contributed by atoms with Gasteiger partial charge in [0, 0.05) is 31.1 Å². The Morgan fingerprint density at radius 3 is 2.77 bits per heavy atom. The highest BCUT2D eigenvalue weighted by Crippen LogP contribution is 2.32. The van der Waals surface area contributed by atoms with Crippen LogP contribution >= 0.6 is 0 Å². The lowest BCUT2D eigenvalue weighted by atomic mass is 9.80. The van der Waals surface area contributed by atoms with Crippen LogP contribution in [0.15, 0.2) is 18.2 Å². The molecule has 1 heterocycles. The van der Waals surface area contributed by atoms with E-state index in [9.17, 15) is 19.4 Å². The molecular formula is C16H23FN2O3. The number of halogens is 1. The van der Waals surface area contributed by atoms with Crippen LogP contribution in [0.4, 0.5) is 4.39 Å². The normalized spacial score (nSPS) is 22.1. The van der Waals surface area contributed by atoms with Crippen molar-refractivity contribution >= 4 is 5.91 Å². The van der Waals surface area contributed by atoms with Crippen LogP contribution in [-0.4, -0.2) is 66.3 Å². The van der Waals surface area contributed by atoms with Crippen LogP contribution in [0.25, 0.3) is 0 Å². The molecule has 1 atom stereocenters. The Morgan fingerprint density at radius 1 is 1.45 bits per heavy atom. The molecule has 6 heteroatoms. The van der Waals surface area contributed by atoms with E-state index in [0.717, 1.165) is 25.0 Å². The van der Waals surface area contributed by atoms with Crippen LogP contribution in [-0.2, 0) is 0 Å². The van der Waals surface area contributed by atoms with Gasteiger partial charge in [-0.2, -0.15) is 0 Å². The molecule has 0 radical (unpaired) electrons. The Balaban J connectivity index is 2.19. The number of phenolic OH excluding ortho intramolecular Hbond substituents is 1. The highest BCUT2D eigenvalue weighted by atomic mass is 19.1. The smallest absolute Gasteiger partial charge is 0.257 e. The molecule has 0 unspecified atom stereocenters. The van der Waals surface area contributed by atoms with Crippen LogP contribution < -0.4 is 0 Å². The molecule has 22 heavy (non-hydrogen) atoms. The van der Waals surface area contributed by atoms with Crippen molar-refractivity contribution in [3.63, 3.8) is 0 Å². The summed E-state index contributed by atoms with van der Waals surface area (Å²) in [5, 5.41) is 19.6. The van der Waals surface area contributed by atoms with Crippen LogP contribution in [0.5, 0.6) is 5.75 Å². The molecule has 2 rings (SSSR count). The molecule has 2 N–H and O–H groups in total. The Bertz CT molecular complexity index is 550. The summed E-state index contributed by atoms with van der Waals surface area (Å²) in [4.78, 5) is 16.2. The number of rotatable bonds is 4. The van der Waals surface area contributed by atoms with Gasteiger partial charge in [-0.05, 0) is 39.1 Å². The molecule has 0 spiro atoms. The van der Waals surface area contributed by atoms with Gasteiger partial charge in [-0.25, -0.2) is 4.39 Å². The maximum absolute atomic E-state index is 13.1. The van der Waals surface area contributed by atoms with Gasteiger partial charge in [0.25, 0.3) is 5.91 Å². The molecule has 1 aromatic carbocycles. The Labute approximate surface area is 130 Å². The van der Waals surface area contributed by atoms with E-state index in [0.29, 0.717) is 19.6 Å². The van der Waals surface area contributed by atoms with E-state index in [1.165, 1.54) is 6.07 Å². The summed E-state index contributed by atoms with van der Waals surface area (Å²) in [5.74, 6) is -1.25. The lowest BCUT2D eigenvalue weighted by Crippen LogP contribution is -2.51. The number of hydrogen-bond donors (Lipinski definition) is 2. The summed E-state index contributed by atoms with van der Waals surface area (Å²) in [6.07, 6.45) is 1.64. The molecule has 122 valence electrons. The van der Waals surface area contributed by atoms with Crippen molar-refractivity contribution in [1.29, 1.82) is 0 Å². The second kappa shape index (κ2) is 6.62. The van der Waals surface area contributed by atoms with Crippen LogP contribution in [0.1, 0.15) is 23.2 Å². The monoisotopic (exact) mass is 310 g/mol. The molecule has 0 bridgehead atoms. The van der Waals surface area contributed by atoms with Crippen molar-refractivity contribution in [2.24, 2.45) is 5.41 Å². The zero-order valence-corrected chi connectivity index (χ0v) is 13.0. The first-order valence-electron chi connectivity index (χ1n) is 7.40. The van der Waals surface area contributed by atoms with E-state index in [1.54, 1.807) is 4.90 Å². The number of benzene rings is 1. The van der Waals surface area contributed by atoms with Gasteiger partial charge in [0.2, 0.25) is 0 Å². The quantitative estimate of drug-likeness (QED) is 0.880. The lowest BCUT2D eigenvalue weighted by molar-refractivity contribution is 0.0137. The zero-order valence-electron chi connectivity index (χ0n) is 13.0. The summed E-state index contributed by atoms with van der Waals surface area (Å²) in [7, 11) is 3.87. The number of amides is 1. The standard InChI is InChI=1S/C16H23FN2O3/c1-18(2)9-16(11-20)6-3-7-19(10-16)15(22)13-5-4-12(17)8-14(13)21/h4-5,8,20-21H,3,6-7,9-11H2,1-2H3/t16-/m0/s1. The Kier molecular flexibility index (Phi) is 5.03. The highest BCUT2D eigenvalue weighted by Gasteiger charge is 2.37. The number of carbonyl (C=O) groups excluding carboxylic acids is 1. The average molecular weight is 310 g/mol. The summed E-state index contributed by atoms with van der Waals surface area (Å²) < 4.78 is 13.1. The first-order valence-corrected chi connectivity index (χ1v) is 7.40. The minimum atomic E-state index is -0.579. The molecule has 1 amide bonds. The van der Waals surface area contributed by atoms with Gasteiger partial charge >= 0.3 is 0 Å². The predicted octanol–water partition coefficient (Wildman–Crippen LogP) is 1.31. The third kappa shape index (κ3) is 3.56. The second-order valence-electron chi connectivity index (χ2n) is 6.39. The molecule has 0 aliphatic carbocycles. The van der Waals surface area contributed by atoms with Crippen molar-refractivity contribution in [2.75, 3.05) is 40.3 Å². The summed E-state index contributed by atoms with van der Waals surface area (Å²) in [6, 6.07) is 3.40. The van der Waals surface area contributed by atoms with Gasteiger partial charge < -0.3 is 20.0 Å². The van der Waals surface area contributed by atoms with E-state index >= 15 is 0 Å². The third-order valence-electron chi connectivity index (χ3n) is 4.13. The van der Waals surface area contributed by atoms with E-state index < -0.39 is 5.82 Å². The average Bonchev–Trinajstić information content (AvgIpc) is 2.46. The molecule has 1 aliphatic heterocycles. The predicted molar refractivity (Wildman–Crippen MR) is 81.3 cm³/mol. The van der Waals surface area contributed by atoms with Crippen molar-refractivity contribution in [1.82, 2.24) is 9.80 Å². The van der Waals surface area contributed by atoms with Crippen LogP contribution in [0, 0.1) is 11.2 Å². The van der Waals surface area contributed by atoms with Crippen molar-refractivity contribution < 1.29 is 19.4 Å². The maximum atomic E-state index is 13.1. The van der Waals surface area contributed by atoms with E-state index in [4.69, 9.17) is 0 Å². The molecule has 1 saturated heterocycles. The fraction of sp³-hybridized carbons (Fsp3) is 0.562. The van der Waals surface area contributed by atoms with Gasteiger partial charge in [-0.3, -0.25) is 4.79 Å². The fourth-order valence-electron chi connectivity index (χ4n) is 3.22. The minimum absolute atomic E-state index is 0.00433. The highest BCUT2D eigenvalue weighted by molar-refractivity contribution is 5.96.